The van der Waals surface area contributed by atoms with E-state index in [9.17, 15) is 4.79 Å². The van der Waals surface area contributed by atoms with Gasteiger partial charge in [-0.2, -0.15) is 0 Å². The molecule has 2 heterocycles. The van der Waals surface area contributed by atoms with Crippen LogP contribution in [-0.2, 0) is 6.42 Å². The second kappa shape index (κ2) is 7.01. The molecule has 0 amide bonds. The van der Waals surface area contributed by atoms with E-state index in [1.807, 2.05) is 17.5 Å². The minimum absolute atomic E-state index is 0.270. The van der Waals surface area contributed by atoms with Gasteiger partial charge < -0.3 is 0 Å². The van der Waals surface area contributed by atoms with E-state index in [4.69, 9.17) is 0 Å². The third kappa shape index (κ3) is 4.02. The van der Waals surface area contributed by atoms with Crippen molar-refractivity contribution in [2.45, 2.75) is 19.3 Å². The number of hydrogen-bond acceptors (Lipinski definition) is 3. The van der Waals surface area contributed by atoms with Crippen LogP contribution in [0.25, 0.3) is 0 Å². The molecule has 1 aromatic heterocycles. The van der Waals surface area contributed by atoms with Gasteiger partial charge in [-0.1, -0.05) is 36.4 Å². The van der Waals surface area contributed by atoms with Crippen LogP contribution in [0.3, 0.4) is 0 Å². The Bertz CT molecular complexity index is 556. The minimum atomic E-state index is 0.270. The van der Waals surface area contributed by atoms with Crippen molar-refractivity contribution in [1.29, 1.82) is 0 Å². The van der Waals surface area contributed by atoms with Crippen LogP contribution in [0.1, 0.15) is 28.1 Å². The van der Waals surface area contributed by atoms with Crippen molar-refractivity contribution in [1.82, 2.24) is 4.90 Å². The number of benzene rings is 1. The molecule has 2 aromatic rings. The summed E-state index contributed by atoms with van der Waals surface area (Å²) in [4.78, 5) is 15.3. The molecule has 1 aliphatic heterocycles. The van der Waals surface area contributed by atoms with E-state index in [0.29, 0.717) is 6.54 Å². The zero-order chi connectivity index (χ0) is 14.5. The molecule has 2 nitrogen and oxygen atoms in total. The van der Waals surface area contributed by atoms with Crippen molar-refractivity contribution in [3.63, 3.8) is 0 Å². The number of piperidine rings is 1. The summed E-state index contributed by atoms with van der Waals surface area (Å²) in [5.41, 5.74) is 1.44. The maximum Gasteiger partial charge on any atom is 0.186 e. The minimum Gasteiger partial charge on any atom is -0.296 e. The van der Waals surface area contributed by atoms with Crippen molar-refractivity contribution in [2.24, 2.45) is 5.92 Å². The Morgan fingerprint density at radius 3 is 2.52 bits per heavy atom. The van der Waals surface area contributed by atoms with Gasteiger partial charge in [-0.3, -0.25) is 9.69 Å². The molecule has 0 atom stereocenters. The summed E-state index contributed by atoms with van der Waals surface area (Å²) in [5, 5.41) is 1.97. The standard InChI is InChI=1S/C18H21NOS/c20-17(18-7-4-12-21-18)14-19-10-8-16(9-11-19)13-15-5-2-1-3-6-15/h1-7,12,16H,8-11,13-14H2. The fourth-order valence-electron chi connectivity index (χ4n) is 3.01. The van der Waals surface area contributed by atoms with E-state index in [2.05, 4.69) is 35.2 Å². The molecule has 0 N–H and O–H groups in total. The van der Waals surface area contributed by atoms with E-state index in [1.54, 1.807) is 11.3 Å². The summed E-state index contributed by atoms with van der Waals surface area (Å²) in [6.07, 6.45) is 3.58. The average Bonchev–Trinajstić information content (AvgIpc) is 3.05. The number of nitrogens with zero attached hydrogens (tertiary/aromatic N) is 1. The first-order chi connectivity index (χ1) is 10.3. The van der Waals surface area contributed by atoms with E-state index in [1.165, 1.54) is 24.8 Å². The fourth-order valence-corrected chi connectivity index (χ4v) is 3.67. The summed E-state index contributed by atoms with van der Waals surface area (Å²) < 4.78 is 0. The largest absolute Gasteiger partial charge is 0.296 e. The Labute approximate surface area is 130 Å². The second-order valence-corrected chi connectivity index (χ2v) is 6.76. The zero-order valence-corrected chi connectivity index (χ0v) is 13.0. The molecular formula is C18H21NOS. The number of ketones is 1. The molecule has 1 fully saturated rings. The van der Waals surface area contributed by atoms with Gasteiger partial charge in [-0.25, -0.2) is 0 Å². The molecule has 0 bridgehead atoms. The molecule has 0 saturated carbocycles. The maximum absolute atomic E-state index is 12.1. The number of carbonyl (C=O) groups excluding carboxylic acids is 1. The molecule has 0 unspecified atom stereocenters. The molecule has 1 saturated heterocycles. The number of rotatable bonds is 5. The van der Waals surface area contributed by atoms with Gasteiger partial charge in [0, 0.05) is 0 Å². The first kappa shape index (κ1) is 14.5. The third-order valence-electron chi connectivity index (χ3n) is 4.24. The normalized spacial score (nSPS) is 17.0. The van der Waals surface area contributed by atoms with Crippen molar-refractivity contribution in [3.8, 4) is 0 Å². The van der Waals surface area contributed by atoms with Crippen molar-refractivity contribution >= 4 is 17.1 Å². The van der Waals surface area contributed by atoms with Gasteiger partial charge in [-0.15, -0.1) is 11.3 Å². The summed E-state index contributed by atoms with van der Waals surface area (Å²) in [6, 6.07) is 14.6. The SMILES string of the molecule is O=C(CN1CCC(Cc2ccccc2)CC1)c1cccs1. The molecule has 3 heteroatoms. The van der Waals surface area contributed by atoms with Crippen molar-refractivity contribution < 1.29 is 4.79 Å². The van der Waals surface area contributed by atoms with Crippen LogP contribution in [-0.4, -0.2) is 30.3 Å². The summed E-state index contributed by atoms with van der Waals surface area (Å²) in [6.45, 7) is 2.68. The van der Waals surface area contributed by atoms with Crippen LogP contribution in [0, 0.1) is 5.92 Å². The van der Waals surface area contributed by atoms with Crippen LogP contribution < -0.4 is 0 Å². The van der Waals surface area contributed by atoms with Crippen LogP contribution in [0.5, 0.6) is 0 Å². The summed E-state index contributed by atoms with van der Waals surface area (Å²) >= 11 is 1.55. The number of hydrogen-bond donors (Lipinski definition) is 0. The van der Waals surface area contributed by atoms with E-state index < -0.39 is 0 Å². The first-order valence-corrected chi connectivity index (χ1v) is 8.52. The van der Waals surface area contributed by atoms with E-state index in [-0.39, 0.29) is 5.78 Å². The lowest BCUT2D eigenvalue weighted by Gasteiger charge is -2.31. The predicted molar refractivity (Wildman–Crippen MR) is 88.0 cm³/mol. The molecule has 0 radical (unpaired) electrons. The maximum atomic E-state index is 12.1. The van der Waals surface area contributed by atoms with Gasteiger partial charge in [0.25, 0.3) is 0 Å². The molecule has 1 aliphatic rings. The zero-order valence-electron chi connectivity index (χ0n) is 12.2. The smallest absolute Gasteiger partial charge is 0.186 e. The Morgan fingerprint density at radius 2 is 1.86 bits per heavy atom. The Balaban J connectivity index is 1.46. The molecular weight excluding hydrogens is 278 g/mol. The lowest BCUT2D eigenvalue weighted by molar-refractivity contribution is 0.0899. The monoisotopic (exact) mass is 299 g/mol. The van der Waals surface area contributed by atoms with Gasteiger partial charge in [0.05, 0.1) is 11.4 Å². The number of Topliss-reactive ketones (excluding diaryl/α,β-unsaturated/α-hetero) is 1. The number of carbonyl (C=O) groups is 1. The highest BCUT2D eigenvalue weighted by Crippen LogP contribution is 2.22. The number of likely N-dealkylation sites (tertiary alicyclic amines) is 1. The quantitative estimate of drug-likeness (QED) is 0.781. The van der Waals surface area contributed by atoms with Crippen LogP contribution in [0.2, 0.25) is 0 Å². The van der Waals surface area contributed by atoms with Gasteiger partial charge in [0.15, 0.2) is 5.78 Å². The highest BCUT2D eigenvalue weighted by Gasteiger charge is 2.21. The Morgan fingerprint density at radius 1 is 1.10 bits per heavy atom. The molecule has 21 heavy (non-hydrogen) atoms. The van der Waals surface area contributed by atoms with Gasteiger partial charge in [0.1, 0.15) is 0 Å². The highest BCUT2D eigenvalue weighted by atomic mass is 32.1. The number of thiophene rings is 1. The van der Waals surface area contributed by atoms with Gasteiger partial charge >= 0.3 is 0 Å². The fraction of sp³-hybridized carbons (Fsp3) is 0.389. The molecule has 3 rings (SSSR count). The third-order valence-corrected chi connectivity index (χ3v) is 5.15. The van der Waals surface area contributed by atoms with Gasteiger partial charge in [0.2, 0.25) is 0 Å². The topological polar surface area (TPSA) is 20.3 Å². The highest BCUT2D eigenvalue weighted by molar-refractivity contribution is 7.12. The van der Waals surface area contributed by atoms with Crippen LogP contribution >= 0.6 is 11.3 Å². The Hall–Kier alpha value is -1.45. The van der Waals surface area contributed by atoms with Gasteiger partial charge in [-0.05, 0) is 55.3 Å². The van der Waals surface area contributed by atoms with Crippen molar-refractivity contribution in [2.75, 3.05) is 19.6 Å². The first-order valence-electron chi connectivity index (χ1n) is 7.64. The lowest BCUT2D eigenvalue weighted by Crippen LogP contribution is -2.37. The average molecular weight is 299 g/mol. The van der Waals surface area contributed by atoms with E-state index in [0.717, 1.165) is 23.9 Å². The summed E-state index contributed by atoms with van der Waals surface area (Å²) in [5.74, 6) is 1.03. The Kier molecular flexibility index (Phi) is 4.84. The lowest BCUT2D eigenvalue weighted by atomic mass is 9.90. The molecule has 110 valence electrons. The molecule has 0 aliphatic carbocycles. The van der Waals surface area contributed by atoms with Crippen LogP contribution in [0.15, 0.2) is 47.8 Å². The molecule has 0 spiro atoms. The predicted octanol–water partition coefficient (Wildman–Crippen LogP) is 3.89. The second-order valence-electron chi connectivity index (χ2n) is 5.81. The summed E-state index contributed by atoms with van der Waals surface area (Å²) in [7, 11) is 0. The van der Waals surface area contributed by atoms with Crippen LogP contribution in [0.4, 0.5) is 0 Å². The van der Waals surface area contributed by atoms with Crippen molar-refractivity contribution in [3.05, 3.63) is 58.3 Å². The molecule has 1 aromatic carbocycles. The van der Waals surface area contributed by atoms with E-state index >= 15 is 0 Å².